The SMILES string of the molecule is O=C(O)c1cnn(C2CCN(C(=O)CCC3Cc4ccccc4NC3=O)CC2)c1. The van der Waals surface area contributed by atoms with Crippen LogP contribution in [0.15, 0.2) is 36.7 Å². The van der Waals surface area contributed by atoms with Crippen molar-refractivity contribution in [3.63, 3.8) is 0 Å². The van der Waals surface area contributed by atoms with Crippen LogP contribution in [0.3, 0.4) is 0 Å². The van der Waals surface area contributed by atoms with Gasteiger partial charge in [-0.3, -0.25) is 14.3 Å². The number of hydrogen-bond donors (Lipinski definition) is 2. The van der Waals surface area contributed by atoms with Gasteiger partial charge in [-0.2, -0.15) is 5.10 Å². The van der Waals surface area contributed by atoms with Crippen LogP contribution in [0.25, 0.3) is 0 Å². The van der Waals surface area contributed by atoms with Crippen molar-refractivity contribution in [3.05, 3.63) is 47.8 Å². The third-order valence-electron chi connectivity index (χ3n) is 5.86. The average Bonchev–Trinajstić information content (AvgIpc) is 3.23. The number of likely N-dealkylation sites (tertiary alicyclic amines) is 1. The minimum atomic E-state index is -0.988. The maximum Gasteiger partial charge on any atom is 0.338 e. The molecule has 3 heterocycles. The molecule has 0 aliphatic carbocycles. The van der Waals surface area contributed by atoms with Crippen LogP contribution in [-0.2, 0) is 16.0 Å². The summed E-state index contributed by atoms with van der Waals surface area (Å²) in [5, 5.41) is 16.1. The highest BCUT2D eigenvalue weighted by atomic mass is 16.4. The summed E-state index contributed by atoms with van der Waals surface area (Å²) in [6.45, 7) is 1.23. The van der Waals surface area contributed by atoms with Crippen LogP contribution in [-0.4, -0.2) is 50.7 Å². The standard InChI is InChI=1S/C21H24N4O4/c26-19(6-5-15-11-14-3-1-2-4-18(14)23-20(15)27)24-9-7-17(8-10-24)25-13-16(12-22-25)21(28)29/h1-4,12-13,15,17H,5-11H2,(H,23,27)(H,28,29). The van der Waals surface area contributed by atoms with Crippen LogP contribution in [0.5, 0.6) is 0 Å². The zero-order valence-corrected chi connectivity index (χ0v) is 16.1. The summed E-state index contributed by atoms with van der Waals surface area (Å²) in [5.74, 6) is -1.10. The quantitative estimate of drug-likeness (QED) is 0.807. The molecule has 8 heteroatoms. The molecule has 2 aliphatic heterocycles. The van der Waals surface area contributed by atoms with E-state index in [1.54, 1.807) is 10.9 Å². The Morgan fingerprint density at radius 1 is 1.21 bits per heavy atom. The van der Waals surface area contributed by atoms with Crippen molar-refractivity contribution in [1.82, 2.24) is 14.7 Å². The molecular weight excluding hydrogens is 372 g/mol. The Morgan fingerprint density at radius 2 is 1.97 bits per heavy atom. The molecule has 1 fully saturated rings. The fourth-order valence-electron chi connectivity index (χ4n) is 4.13. The van der Waals surface area contributed by atoms with Crippen molar-refractivity contribution in [1.29, 1.82) is 0 Å². The number of piperidine rings is 1. The number of carbonyl (C=O) groups excluding carboxylic acids is 2. The maximum atomic E-state index is 12.6. The predicted molar refractivity (Wildman–Crippen MR) is 106 cm³/mol. The van der Waals surface area contributed by atoms with E-state index in [0.717, 1.165) is 24.1 Å². The molecule has 0 bridgehead atoms. The minimum Gasteiger partial charge on any atom is -0.478 e. The Morgan fingerprint density at radius 3 is 2.69 bits per heavy atom. The smallest absolute Gasteiger partial charge is 0.338 e. The number of fused-ring (bicyclic) bond motifs is 1. The van der Waals surface area contributed by atoms with E-state index < -0.39 is 5.97 Å². The molecule has 0 spiro atoms. The molecule has 4 rings (SSSR count). The Balaban J connectivity index is 1.27. The molecule has 2 aromatic rings. The van der Waals surface area contributed by atoms with Gasteiger partial charge in [0.2, 0.25) is 11.8 Å². The number of anilines is 1. The number of rotatable bonds is 5. The number of hydrogen-bond acceptors (Lipinski definition) is 4. The molecule has 1 aromatic carbocycles. The number of carboxylic acids is 1. The number of carbonyl (C=O) groups is 3. The first-order valence-electron chi connectivity index (χ1n) is 9.95. The number of aromatic carboxylic acids is 1. The molecule has 29 heavy (non-hydrogen) atoms. The van der Waals surface area contributed by atoms with E-state index >= 15 is 0 Å². The van der Waals surface area contributed by atoms with Gasteiger partial charge in [-0.15, -0.1) is 0 Å². The Bertz CT molecular complexity index is 930. The first-order valence-corrected chi connectivity index (χ1v) is 9.95. The molecule has 1 unspecified atom stereocenters. The number of amides is 2. The van der Waals surface area contributed by atoms with Crippen LogP contribution in [0, 0.1) is 5.92 Å². The Labute approximate surface area is 168 Å². The highest BCUT2D eigenvalue weighted by Gasteiger charge is 2.29. The van der Waals surface area contributed by atoms with Crippen molar-refractivity contribution >= 4 is 23.5 Å². The van der Waals surface area contributed by atoms with E-state index in [9.17, 15) is 14.4 Å². The van der Waals surface area contributed by atoms with Crippen molar-refractivity contribution < 1.29 is 19.5 Å². The van der Waals surface area contributed by atoms with Gasteiger partial charge < -0.3 is 15.3 Å². The predicted octanol–water partition coefficient (Wildman–Crippen LogP) is 2.34. The summed E-state index contributed by atoms with van der Waals surface area (Å²) in [7, 11) is 0. The van der Waals surface area contributed by atoms with Crippen molar-refractivity contribution in [2.45, 2.75) is 38.1 Å². The van der Waals surface area contributed by atoms with Gasteiger partial charge in [0.25, 0.3) is 0 Å². The fraction of sp³-hybridized carbons (Fsp3) is 0.429. The van der Waals surface area contributed by atoms with Gasteiger partial charge in [-0.25, -0.2) is 4.79 Å². The molecule has 1 atom stereocenters. The van der Waals surface area contributed by atoms with Crippen LogP contribution in [0.1, 0.15) is 47.6 Å². The number of para-hydroxylation sites is 1. The van der Waals surface area contributed by atoms with E-state index in [1.165, 1.54) is 6.20 Å². The number of carboxylic acid groups (broad SMARTS) is 1. The van der Waals surface area contributed by atoms with E-state index in [0.29, 0.717) is 32.4 Å². The normalized spacial score (nSPS) is 19.5. The maximum absolute atomic E-state index is 12.6. The van der Waals surface area contributed by atoms with Gasteiger partial charge >= 0.3 is 5.97 Å². The van der Waals surface area contributed by atoms with Gasteiger partial charge in [-0.05, 0) is 37.3 Å². The molecule has 0 radical (unpaired) electrons. The number of aromatic nitrogens is 2. The monoisotopic (exact) mass is 396 g/mol. The molecular formula is C21H24N4O4. The molecule has 1 aromatic heterocycles. The fourth-order valence-corrected chi connectivity index (χ4v) is 4.13. The van der Waals surface area contributed by atoms with Crippen LogP contribution >= 0.6 is 0 Å². The van der Waals surface area contributed by atoms with Gasteiger partial charge in [-0.1, -0.05) is 18.2 Å². The second-order valence-electron chi connectivity index (χ2n) is 7.71. The molecule has 2 amide bonds. The second-order valence-corrected chi connectivity index (χ2v) is 7.71. The van der Waals surface area contributed by atoms with Gasteiger partial charge in [0, 0.05) is 37.3 Å². The van der Waals surface area contributed by atoms with Crippen molar-refractivity contribution in [2.75, 3.05) is 18.4 Å². The summed E-state index contributed by atoms with van der Waals surface area (Å²) in [5.41, 5.74) is 2.16. The molecule has 152 valence electrons. The van der Waals surface area contributed by atoms with Gasteiger partial charge in [0.1, 0.15) is 0 Å². The lowest BCUT2D eigenvalue weighted by molar-refractivity contribution is -0.133. The first kappa shape index (κ1) is 19.2. The molecule has 2 aliphatic rings. The zero-order chi connectivity index (χ0) is 20.4. The lowest BCUT2D eigenvalue weighted by Gasteiger charge is -2.32. The van der Waals surface area contributed by atoms with E-state index in [2.05, 4.69) is 10.4 Å². The molecule has 1 saturated heterocycles. The van der Waals surface area contributed by atoms with Gasteiger partial charge in [0.05, 0.1) is 17.8 Å². The van der Waals surface area contributed by atoms with Crippen LogP contribution in [0.4, 0.5) is 5.69 Å². The molecule has 8 nitrogen and oxygen atoms in total. The molecule has 2 N–H and O–H groups in total. The van der Waals surface area contributed by atoms with E-state index in [-0.39, 0.29) is 29.3 Å². The third-order valence-corrected chi connectivity index (χ3v) is 5.86. The van der Waals surface area contributed by atoms with E-state index in [1.807, 2.05) is 29.2 Å². The summed E-state index contributed by atoms with van der Waals surface area (Å²) >= 11 is 0. The topological polar surface area (TPSA) is 105 Å². The summed E-state index contributed by atoms with van der Waals surface area (Å²) in [6.07, 6.45) is 5.95. The highest BCUT2D eigenvalue weighted by molar-refractivity contribution is 5.96. The largest absolute Gasteiger partial charge is 0.478 e. The highest BCUT2D eigenvalue weighted by Crippen LogP contribution is 2.28. The second kappa shape index (κ2) is 8.06. The summed E-state index contributed by atoms with van der Waals surface area (Å²) < 4.78 is 1.69. The van der Waals surface area contributed by atoms with E-state index in [4.69, 9.17) is 5.11 Å². The van der Waals surface area contributed by atoms with Crippen LogP contribution in [0.2, 0.25) is 0 Å². The summed E-state index contributed by atoms with van der Waals surface area (Å²) in [6, 6.07) is 7.88. The summed E-state index contributed by atoms with van der Waals surface area (Å²) in [4.78, 5) is 37.8. The zero-order valence-electron chi connectivity index (χ0n) is 16.1. The number of nitrogens with one attached hydrogen (secondary N) is 1. The Kier molecular flexibility index (Phi) is 5.33. The minimum absolute atomic E-state index is 0.0110. The third kappa shape index (κ3) is 4.16. The van der Waals surface area contributed by atoms with Crippen molar-refractivity contribution in [2.24, 2.45) is 5.92 Å². The van der Waals surface area contributed by atoms with Gasteiger partial charge in [0.15, 0.2) is 0 Å². The number of benzene rings is 1. The Hall–Kier alpha value is -3.16. The van der Waals surface area contributed by atoms with Crippen LogP contribution < -0.4 is 5.32 Å². The lowest BCUT2D eigenvalue weighted by atomic mass is 9.89. The first-order chi connectivity index (χ1) is 14.0. The average molecular weight is 396 g/mol. The number of nitrogens with zero attached hydrogens (tertiary/aromatic N) is 3. The van der Waals surface area contributed by atoms with Crippen molar-refractivity contribution in [3.8, 4) is 0 Å². The molecule has 0 saturated carbocycles. The lowest BCUT2D eigenvalue weighted by Crippen LogP contribution is -2.39.